The highest BCUT2D eigenvalue weighted by Crippen LogP contribution is 2.34. The fourth-order valence-electron chi connectivity index (χ4n) is 3.61. The van der Waals surface area contributed by atoms with Crippen molar-refractivity contribution >= 4 is 39.9 Å². The zero-order valence-electron chi connectivity index (χ0n) is 20.9. The summed E-state index contributed by atoms with van der Waals surface area (Å²) in [5.74, 6) is 2.74. The van der Waals surface area contributed by atoms with Gasteiger partial charge in [0.25, 0.3) is 5.91 Å². The molecule has 0 fully saturated rings. The lowest BCUT2D eigenvalue weighted by Gasteiger charge is -2.14. The van der Waals surface area contributed by atoms with Gasteiger partial charge in [-0.05, 0) is 41.1 Å². The maximum absolute atomic E-state index is 12.3. The van der Waals surface area contributed by atoms with Gasteiger partial charge in [0.05, 0.1) is 26.3 Å². The Kier molecular flexibility index (Phi) is 8.22. The normalized spacial score (nSPS) is 10.9. The van der Waals surface area contributed by atoms with Crippen molar-refractivity contribution in [1.29, 1.82) is 0 Å². The summed E-state index contributed by atoms with van der Waals surface area (Å²) in [6.45, 7) is 5.95. The van der Waals surface area contributed by atoms with Crippen LogP contribution in [0.2, 0.25) is 0 Å². The molecule has 188 valence electrons. The lowest BCUT2D eigenvalue weighted by atomic mass is 10.1. The number of rotatable bonds is 11. The van der Waals surface area contributed by atoms with Gasteiger partial charge in [-0.15, -0.1) is 11.3 Å². The van der Waals surface area contributed by atoms with Crippen LogP contribution in [-0.4, -0.2) is 36.6 Å². The van der Waals surface area contributed by atoms with Gasteiger partial charge in [0.1, 0.15) is 5.82 Å². The van der Waals surface area contributed by atoms with Crippen LogP contribution < -0.4 is 25.4 Å². The minimum atomic E-state index is -0.0625. The highest BCUT2D eigenvalue weighted by molar-refractivity contribution is 7.09. The first kappa shape index (κ1) is 25.2. The number of anilines is 2. The van der Waals surface area contributed by atoms with Gasteiger partial charge in [-0.3, -0.25) is 4.79 Å². The number of carbonyl (C=O) groups excluding carboxylic acids is 1. The second-order valence-electron chi connectivity index (χ2n) is 8.71. The monoisotopic (exact) mass is 505 g/mol. The van der Waals surface area contributed by atoms with Crippen LogP contribution in [0, 0.1) is 5.92 Å². The number of hydrogen-bond acceptors (Lipinski definition) is 8. The highest BCUT2D eigenvalue weighted by atomic mass is 32.1. The smallest absolute Gasteiger partial charge is 0.251 e. The number of amides is 1. The van der Waals surface area contributed by atoms with E-state index in [1.807, 2.05) is 47.8 Å². The molecule has 9 heteroatoms. The summed E-state index contributed by atoms with van der Waals surface area (Å²) in [5, 5.41) is 12.6. The van der Waals surface area contributed by atoms with E-state index >= 15 is 0 Å². The SMILES string of the molecule is COc1cc2nc(NCc3cccs3)nc(NCc3ccc(C(=O)NCC(C)C)cc3)c2cc1OC. The van der Waals surface area contributed by atoms with Gasteiger partial charge >= 0.3 is 0 Å². The molecule has 2 heterocycles. The number of thiophene rings is 1. The number of carbonyl (C=O) groups is 1. The van der Waals surface area contributed by atoms with Crippen LogP contribution in [0.4, 0.5) is 11.8 Å². The summed E-state index contributed by atoms with van der Waals surface area (Å²) in [6, 6.07) is 15.4. The Balaban J connectivity index is 1.56. The molecule has 0 atom stereocenters. The number of nitrogens with one attached hydrogen (secondary N) is 3. The van der Waals surface area contributed by atoms with E-state index < -0.39 is 0 Å². The molecule has 0 saturated heterocycles. The summed E-state index contributed by atoms with van der Waals surface area (Å²) in [4.78, 5) is 22.9. The molecule has 0 saturated carbocycles. The lowest BCUT2D eigenvalue weighted by Crippen LogP contribution is -2.27. The molecule has 0 spiro atoms. The van der Waals surface area contributed by atoms with Crippen molar-refractivity contribution in [3.63, 3.8) is 0 Å². The fourth-order valence-corrected chi connectivity index (χ4v) is 4.25. The Morgan fingerprint density at radius 1 is 0.972 bits per heavy atom. The molecule has 4 aromatic rings. The average Bonchev–Trinajstić information content (AvgIpc) is 3.42. The van der Waals surface area contributed by atoms with Gasteiger partial charge in [0.2, 0.25) is 5.95 Å². The van der Waals surface area contributed by atoms with Crippen molar-refractivity contribution in [2.75, 3.05) is 31.4 Å². The van der Waals surface area contributed by atoms with Crippen molar-refractivity contribution in [2.45, 2.75) is 26.9 Å². The molecule has 0 radical (unpaired) electrons. The van der Waals surface area contributed by atoms with Crippen LogP contribution in [0.15, 0.2) is 53.9 Å². The van der Waals surface area contributed by atoms with Gasteiger partial charge in [-0.2, -0.15) is 4.98 Å². The maximum Gasteiger partial charge on any atom is 0.251 e. The van der Waals surface area contributed by atoms with E-state index in [9.17, 15) is 4.79 Å². The van der Waals surface area contributed by atoms with E-state index in [-0.39, 0.29) is 5.91 Å². The van der Waals surface area contributed by atoms with Crippen molar-refractivity contribution < 1.29 is 14.3 Å². The van der Waals surface area contributed by atoms with E-state index in [1.165, 1.54) is 4.88 Å². The third kappa shape index (κ3) is 6.23. The van der Waals surface area contributed by atoms with Crippen molar-refractivity contribution in [3.05, 3.63) is 69.9 Å². The van der Waals surface area contributed by atoms with Gasteiger partial charge in [-0.25, -0.2) is 4.98 Å². The topological polar surface area (TPSA) is 97.4 Å². The number of aromatic nitrogens is 2. The first-order valence-corrected chi connectivity index (χ1v) is 12.7. The van der Waals surface area contributed by atoms with Gasteiger partial charge in [0, 0.05) is 35.0 Å². The summed E-state index contributed by atoms with van der Waals surface area (Å²) in [5.41, 5.74) is 2.40. The summed E-state index contributed by atoms with van der Waals surface area (Å²) < 4.78 is 11.0. The predicted octanol–water partition coefficient (Wildman–Crippen LogP) is 5.32. The molecule has 2 aromatic heterocycles. The fraction of sp³-hybridized carbons (Fsp3) is 0.296. The average molecular weight is 506 g/mol. The van der Waals surface area contributed by atoms with Gasteiger partial charge < -0.3 is 25.4 Å². The summed E-state index contributed by atoms with van der Waals surface area (Å²) in [6.07, 6.45) is 0. The van der Waals surface area contributed by atoms with E-state index in [4.69, 9.17) is 19.4 Å². The molecule has 0 aliphatic rings. The number of nitrogens with zero attached hydrogens (tertiary/aromatic N) is 2. The summed E-state index contributed by atoms with van der Waals surface area (Å²) in [7, 11) is 3.21. The molecular weight excluding hydrogens is 474 g/mol. The Morgan fingerprint density at radius 3 is 2.39 bits per heavy atom. The van der Waals surface area contributed by atoms with Crippen molar-refractivity contribution in [1.82, 2.24) is 15.3 Å². The zero-order chi connectivity index (χ0) is 25.5. The maximum atomic E-state index is 12.3. The molecule has 1 amide bonds. The Morgan fingerprint density at radius 2 is 1.72 bits per heavy atom. The number of fused-ring (bicyclic) bond motifs is 1. The molecule has 36 heavy (non-hydrogen) atoms. The van der Waals surface area contributed by atoms with E-state index in [1.54, 1.807) is 25.6 Å². The number of benzene rings is 2. The van der Waals surface area contributed by atoms with E-state index in [2.05, 4.69) is 35.9 Å². The number of ether oxygens (including phenoxy) is 2. The molecule has 0 aliphatic heterocycles. The van der Waals surface area contributed by atoms with Gasteiger partial charge in [-0.1, -0.05) is 32.0 Å². The molecular formula is C27H31N5O3S. The second kappa shape index (κ2) is 11.7. The summed E-state index contributed by atoms with van der Waals surface area (Å²) >= 11 is 1.68. The van der Waals surface area contributed by atoms with Crippen LogP contribution in [0.25, 0.3) is 10.9 Å². The third-order valence-corrected chi connectivity index (χ3v) is 6.43. The van der Waals surface area contributed by atoms with E-state index in [0.717, 1.165) is 16.5 Å². The predicted molar refractivity (Wildman–Crippen MR) is 145 cm³/mol. The molecule has 2 aromatic carbocycles. The Bertz CT molecular complexity index is 1310. The Labute approximate surface area is 215 Å². The quantitative estimate of drug-likeness (QED) is 0.254. The first-order valence-electron chi connectivity index (χ1n) is 11.8. The van der Waals surface area contributed by atoms with E-state index in [0.29, 0.717) is 54.4 Å². The largest absolute Gasteiger partial charge is 0.493 e. The molecule has 4 rings (SSSR count). The zero-order valence-corrected chi connectivity index (χ0v) is 21.7. The molecule has 3 N–H and O–H groups in total. The van der Waals surface area contributed by atoms with Crippen LogP contribution in [0.1, 0.15) is 34.6 Å². The standard InChI is InChI=1S/C27H31N5O3S/c1-17(2)14-29-26(33)19-9-7-18(8-10-19)15-28-25-21-12-23(34-3)24(35-4)13-22(21)31-27(32-25)30-16-20-6-5-11-36-20/h5-13,17H,14-16H2,1-4H3,(H,29,33)(H2,28,30,31,32). The van der Waals surface area contributed by atoms with Crippen LogP contribution in [-0.2, 0) is 13.1 Å². The third-order valence-electron chi connectivity index (χ3n) is 5.55. The minimum absolute atomic E-state index is 0.0625. The second-order valence-corrected chi connectivity index (χ2v) is 9.74. The van der Waals surface area contributed by atoms with Crippen molar-refractivity contribution in [2.24, 2.45) is 5.92 Å². The first-order chi connectivity index (χ1) is 17.5. The van der Waals surface area contributed by atoms with Crippen LogP contribution in [0.3, 0.4) is 0 Å². The Hall–Kier alpha value is -3.85. The van der Waals surface area contributed by atoms with Gasteiger partial charge in [0.15, 0.2) is 11.5 Å². The number of methoxy groups -OCH3 is 2. The molecule has 0 bridgehead atoms. The van der Waals surface area contributed by atoms with Crippen LogP contribution in [0.5, 0.6) is 11.5 Å². The molecule has 8 nitrogen and oxygen atoms in total. The molecule has 0 aliphatic carbocycles. The number of hydrogen-bond donors (Lipinski definition) is 3. The molecule has 0 unspecified atom stereocenters. The van der Waals surface area contributed by atoms with Crippen molar-refractivity contribution in [3.8, 4) is 11.5 Å². The minimum Gasteiger partial charge on any atom is -0.493 e. The highest BCUT2D eigenvalue weighted by Gasteiger charge is 2.14. The van der Waals surface area contributed by atoms with Crippen LogP contribution >= 0.6 is 11.3 Å². The lowest BCUT2D eigenvalue weighted by molar-refractivity contribution is 0.0949.